The summed E-state index contributed by atoms with van der Waals surface area (Å²) in [6.45, 7) is 2.78. The SMILES string of the molecule is Cc1ccc(-c2nnc(SCc3cc(Cl)cc4c3OCOC4)n2N)cc1. The molecule has 2 N–H and O–H groups in total. The van der Waals surface area contributed by atoms with E-state index in [0.29, 0.717) is 28.4 Å². The van der Waals surface area contributed by atoms with E-state index in [4.69, 9.17) is 26.9 Å². The maximum Gasteiger partial charge on any atom is 0.210 e. The van der Waals surface area contributed by atoms with Gasteiger partial charge in [-0.3, -0.25) is 0 Å². The van der Waals surface area contributed by atoms with Crippen molar-refractivity contribution in [1.82, 2.24) is 14.9 Å². The van der Waals surface area contributed by atoms with Crippen LogP contribution in [0.25, 0.3) is 11.4 Å². The Balaban J connectivity index is 1.56. The number of nitrogen functional groups attached to an aromatic ring is 1. The average molecular weight is 389 g/mol. The topological polar surface area (TPSA) is 75.2 Å². The van der Waals surface area contributed by atoms with Gasteiger partial charge in [0, 0.05) is 27.5 Å². The third-order valence-electron chi connectivity index (χ3n) is 4.08. The van der Waals surface area contributed by atoms with Gasteiger partial charge in [-0.1, -0.05) is 53.2 Å². The lowest BCUT2D eigenvalue weighted by Crippen LogP contribution is -2.13. The highest BCUT2D eigenvalue weighted by atomic mass is 35.5. The molecule has 2 aromatic carbocycles. The number of rotatable bonds is 4. The molecule has 0 atom stereocenters. The first-order valence-electron chi connectivity index (χ1n) is 8.04. The number of fused-ring (bicyclic) bond motifs is 1. The number of thioether (sulfide) groups is 1. The van der Waals surface area contributed by atoms with E-state index in [1.165, 1.54) is 22.0 Å². The van der Waals surface area contributed by atoms with Gasteiger partial charge in [0.05, 0.1) is 6.61 Å². The van der Waals surface area contributed by atoms with Crippen LogP contribution in [0.4, 0.5) is 0 Å². The highest BCUT2D eigenvalue weighted by molar-refractivity contribution is 7.98. The molecule has 26 heavy (non-hydrogen) atoms. The Bertz CT molecular complexity index is 943. The second-order valence-electron chi connectivity index (χ2n) is 5.99. The van der Waals surface area contributed by atoms with E-state index < -0.39 is 0 Å². The molecule has 0 saturated heterocycles. The van der Waals surface area contributed by atoms with E-state index in [-0.39, 0.29) is 6.79 Å². The van der Waals surface area contributed by atoms with Crippen LogP contribution in [0.5, 0.6) is 5.75 Å². The Hall–Kier alpha value is -2.22. The fourth-order valence-corrected chi connectivity index (χ4v) is 3.87. The number of hydrogen-bond donors (Lipinski definition) is 1. The van der Waals surface area contributed by atoms with Gasteiger partial charge in [-0.25, -0.2) is 4.68 Å². The summed E-state index contributed by atoms with van der Waals surface area (Å²) in [5.41, 5.74) is 4.05. The number of nitrogens with zero attached hydrogens (tertiary/aromatic N) is 3. The first-order chi connectivity index (χ1) is 12.6. The van der Waals surface area contributed by atoms with Crippen molar-refractivity contribution in [3.8, 4) is 17.1 Å². The molecule has 1 aromatic heterocycles. The van der Waals surface area contributed by atoms with Crippen molar-refractivity contribution < 1.29 is 9.47 Å². The van der Waals surface area contributed by atoms with Crippen molar-refractivity contribution in [1.29, 1.82) is 0 Å². The van der Waals surface area contributed by atoms with Gasteiger partial charge in [0.1, 0.15) is 5.75 Å². The lowest BCUT2D eigenvalue weighted by molar-refractivity contribution is -0.0168. The molecule has 0 aliphatic carbocycles. The van der Waals surface area contributed by atoms with E-state index >= 15 is 0 Å². The predicted octanol–water partition coefficient (Wildman–Crippen LogP) is 3.78. The van der Waals surface area contributed by atoms with E-state index in [1.807, 2.05) is 43.3 Å². The summed E-state index contributed by atoms with van der Waals surface area (Å²) in [7, 11) is 0. The molecule has 1 aliphatic rings. The molecule has 0 amide bonds. The molecule has 0 saturated carbocycles. The minimum atomic E-state index is 0.247. The largest absolute Gasteiger partial charge is 0.467 e. The maximum atomic E-state index is 6.21. The lowest BCUT2D eigenvalue weighted by Gasteiger charge is -2.20. The first kappa shape index (κ1) is 17.2. The van der Waals surface area contributed by atoms with E-state index in [1.54, 1.807) is 0 Å². The molecular formula is C18H17ClN4O2S. The first-order valence-corrected chi connectivity index (χ1v) is 9.40. The second-order valence-corrected chi connectivity index (χ2v) is 7.37. The molecule has 134 valence electrons. The summed E-state index contributed by atoms with van der Waals surface area (Å²) in [5, 5.41) is 9.72. The molecule has 0 fully saturated rings. The molecule has 0 unspecified atom stereocenters. The van der Waals surface area contributed by atoms with Crippen LogP contribution < -0.4 is 10.6 Å². The van der Waals surface area contributed by atoms with Gasteiger partial charge < -0.3 is 15.3 Å². The van der Waals surface area contributed by atoms with Crippen molar-refractivity contribution in [3.05, 3.63) is 58.1 Å². The Morgan fingerprint density at radius 3 is 2.85 bits per heavy atom. The van der Waals surface area contributed by atoms with Crippen LogP contribution in [0.15, 0.2) is 41.6 Å². The molecule has 2 heterocycles. The van der Waals surface area contributed by atoms with Crippen LogP contribution in [0.1, 0.15) is 16.7 Å². The van der Waals surface area contributed by atoms with Crippen LogP contribution in [0, 0.1) is 6.92 Å². The van der Waals surface area contributed by atoms with Crippen molar-refractivity contribution in [2.75, 3.05) is 12.6 Å². The molecule has 0 bridgehead atoms. The molecular weight excluding hydrogens is 372 g/mol. The highest BCUT2D eigenvalue weighted by Gasteiger charge is 2.18. The molecule has 8 heteroatoms. The zero-order chi connectivity index (χ0) is 18.1. The number of ether oxygens (including phenoxy) is 2. The summed E-state index contributed by atoms with van der Waals surface area (Å²) in [6, 6.07) is 11.8. The van der Waals surface area contributed by atoms with Crippen molar-refractivity contribution >= 4 is 23.4 Å². The zero-order valence-corrected chi connectivity index (χ0v) is 15.7. The fraction of sp³-hybridized carbons (Fsp3) is 0.222. The molecule has 3 aromatic rings. The predicted molar refractivity (Wildman–Crippen MR) is 102 cm³/mol. The van der Waals surface area contributed by atoms with Crippen LogP contribution in [0.2, 0.25) is 5.02 Å². The number of nitrogens with two attached hydrogens (primary N) is 1. The normalized spacial score (nSPS) is 13.3. The Morgan fingerprint density at radius 2 is 2.04 bits per heavy atom. The summed E-state index contributed by atoms with van der Waals surface area (Å²) < 4.78 is 12.5. The van der Waals surface area contributed by atoms with Crippen LogP contribution >= 0.6 is 23.4 Å². The fourth-order valence-electron chi connectivity index (χ4n) is 2.78. The standard InChI is InChI=1S/C18H17ClN4O2S/c1-11-2-4-12(5-3-11)17-21-22-18(23(17)20)26-9-14-7-15(19)6-13-8-24-10-25-16(13)14/h2-7H,8-10,20H2,1H3. The number of benzene rings is 2. The Labute approximate surface area is 160 Å². The number of aromatic nitrogens is 3. The molecule has 6 nitrogen and oxygen atoms in total. The van der Waals surface area contributed by atoms with Crippen LogP contribution in [-0.4, -0.2) is 21.7 Å². The summed E-state index contributed by atoms with van der Waals surface area (Å²) in [6.07, 6.45) is 0. The van der Waals surface area contributed by atoms with Crippen molar-refractivity contribution in [3.63, 3.8) is 0 Å². The van der Waals surface area contributed by atoms with Gasteiger partial charge in [0.15, 0.2) is 12.6 Å². The highest BCUT2D eigenvalue weighted by Crippen LogP contribution is 2.35. The summed E-state index contributed by atoms with van der Waals surface area (Å²) in [5.74, 6) is 8.27. The third-order valence-corrected chi connectivity index (χ3v) is 5.29. The van der Waals surface area contributed by atoms with Crippen molar-refractivity contribution in [2.45, 2.75) is 24.4 Å². The smallest absolute Gasteiger partial charge is 0.210 e. The number of hydrogen-bond acceptors (Lipinski definition) is 6. The van der Waals surface area contributed by atoms with Gasteiger partial charge >= 0.3 is 0 Å². The van der Waals surface area contributed by atoms with Gasteiger partial charge in [0.25, 0.3) is 0 Å². The maximum absolute atomic E-state index is 6.21. The van der Waals surface area contributed by atoms with Crippen LogP contribution in [-0.2, 0) is 17.1 Å². The number of halogens is 1. The van der Waals surface area contributed by atoms with Gasteiger partial charge in [-0.2, -0.15) is 0 Å². The van der Waals surface area contributed by atoms with Gasteiger partial charge in [-0.05, 0) is 19.1 Å². The van der Waals surface area contributed by atoms with Crippen LogP contribution in [0.3, 0.4) is 0 Å². The molecule has 1 aliphatic heterocycles. The average Bonchev–Trinajstić information content (AvgIpc) is 3.01. The zero-order valence-electron chi connectivity index (χ0n) is 14.1. The van der Waals surface area contributed by atoms with E-state index in [9.17, 15) is 0 Å². The molecule has 0 radical (unpaired) electrons. The number of aryl methyl sites for hydroxylation is 1. The Kier molecular flexibility index (Phi) is 4.76. The summed E-state index contributed by atoms with van der Waals surface area (Å²) >= 11 is 7.70. The quantitative estimate of drug-likeness (QED) is 0.541. The summed E-state index contributed by atoms with van der Waals surface area (Å²) in [4.78, 5) is 0. The second kappa shape index (κ2) is 7.19. The van der Waals surface area contributed by atoms with Crippen molar-refractivity contribution in [2.24, 2.45) is 0 Å². The van der Waals surface area contributed by atoms with E-state index in [0.717, 1.165) is 22.4 Å². The van der Waals surface area contributed by atoms with Gasteiger partial charge in [-0.15, -0.1) is 10.2 Å². The molecule has 0 spiro atoms. The third kappa shape index (κ3) is 3.38. The van der Waals surface area contributed by atoms with E-state index in [2.05, 4.69) is 10.2 Å². The van der Waals surface area contributed by atoms with Gasteiger partial charge in [0.2, 0.25) is 5.16 Å². The minimum absolute atomic E-state index is 0.247. The molecule has 4 rings (SSSR count). The Morgan fingerprint density at radius 1 is 1.23 bits per heavy atom. The lowest BCUT2D eigenvalue weighted by atomic mass is 10.1. The minimum Gasteiger partial charge on any atom is -0.467 e. The monoisotopic (exact) mass is 388 g/mol.